The number of esters is 1. The van der Waals surface area contributed by atoms with Gasteiger partial charge in [0.15, 0.2) is 11.6 Å². The van der Waals surface area contributed by atoms with Crippen LogP contribution in [-0.2, 0) is 9.53 Å². The van der Waals surface area contributed by atoms with Gasteiger partial charge < -0.3 is 9.47 Å². The molecule has 0 unspecified atom stereocenters. The van der Waals surface area contributed by atoms with Crippen molar-refractivity contribution in [2.75, 3.05) is 7.11 Å². The van der Waals surface area contributed by atoms with Crippen molar-refractivity contribution in [3.8, 4) is 5.75 Å². The first-order chi connectivity index (χ1) is 9.92. The Kier molecular flexibility index (Phi) is 4.16. The van der Waals surface area contributed by atoms with Crippen molar-refractivity contribution in [1.29, 1.82) is 0 Å². The average Bonchev–Trinajstić information content (AvgIpc) is 2.45. The summed E-state index contributed by atoms with van der Waals surface area (Å²) in [6.07, 6.45) is 0. The highest BCUT2D eigenvalue weighted by molar-refractivity contribution is 6.16. The Morgan fingerprint density at radius 3 is 2.52 bits per heavy atom. The molecule has 0 aliphatic carbocycles. The zero-order valence-electron chi connectivity index (χ0n) is 11.0. The third-order valence-electron chi connectivity index (χ3n) is 2.89. The molecule has 0 amide bonds. The minimum absolute atomic E-state index is 0.111. The number of carbonyl (C=O) groups is 1. The van der Waals surface area contributed by atoms with Gasteiger partial charge in [-0.2, -0.15) is 8.78 Å². The van der Waals surface area contributed by atoms with E-state index in [4.69, 9.17) is 0 Å². The summed E-state index contributed by atoms with van der Waals surface area (Å²) < 4.78 is 46.6. The van der Waals surface area contributed by atoms with Gasteiger partial charge in [0.2, 0.25) is 0 Å². The van der Waals surface area contributed by atoms with E-state index in [-0.39, 0.29) is 5.57 Å². The number of rotatable bonds is 4. The third-order valence-corrected chi connectivity index (χ3v) is 2.89. The summed E-state index contributed by atoms with van der Waals surface area (Å²) >= 11 is 0. The lowest BCUT2D eigenvalue weighted by atomic mass is 10.0. The first-order valence-corrected chi connectivity index (χ1v) is 5.88. The van der Waals surface area contributed by atoms with Crippen molar-refractivity contribution < 1.29 is 27.4 Å². The van der Waals surface area contributed by atoms with Crippen LogP contribution in [0.2, 0.25) is 0 Å². The maximum absolute atomic E-state index is 13.6. The van der Waals surface area contributed by atoms with Crippen molar-refractivity contribution in [2.24, 2.45) is 0 Å². The fourth-order valence-electron chi connectivity index (χ4n) is 1.86. The first kappa shape index (κ1) is 14.9. The number of benzene rings is 2. The number of hydrogen-bond acceptors (Lipinski definition) is 3. The van der Waals surface area contributed by atoms with Gasteiger partial charge in [-0.05, 0) is 34.5 Å². The topological polar surface area (TPSA) is 35.5 Å². The standard InChI is InChI=1S/C15H11F3O3/c1-8(14(19)20-2)9-3-4-10-6-12(16)13(21-15(17)18)7-11(10)5-9/h3-7,15H,1H2,2H3. The maximum atomic E-state index is 13.6. The molecule has 0 fully saturated rings. The summed E-state index contributed by atoms with van der Waals surface area (Å²) in [7, 11) is 1.22. The minimum Gasteiger partial charge on any atom is -0.465 e. The fourth-order valence-corrected chi connectivity index (χ4v) is 1.86. The monoisotopic (exact) mass is 296 g/mol. The Hall–Kier alpha value is -2.50. The molecule has 3 nitrogen and oxygen atoms in total. The lowest BCUT2D eigenvalue weighted by Crippen LogP contribution is -2.04. The first-order valence-electron chi connectivity index (χ1n) is 5.88. The van der Waals surface area contributed by atoms with Crippen LogP contribution in [-0.4, -0.2) is 19.7 Å². The number of fused-ring (bicyclic) bond motifs is 1. The molecule has 0 saturated carbocycles. The van der Waals surface area contributed by atoms with E-state index in [1.54, 1.807) is 12.1 Å². The molecule has 0 saturated heterocycles. The minimum atomic E-state index is -3.12. The molecule has 0 spiro atoms. The number of halogens is 3. The van der Waals surface area contributed by atoms with Gasteiger partial charge in [-0.25, -0.2) is 9.18 Å². The number of carbonyl (C=O) groups excluding carboxylic acids is 1. The Balaban J connectivity index is 2.48. The number of alkyl halides is 2. The van der Waals surface area contributed by atoms with Crippen LogP contribution in [0.4, 0.5) is 13.2 Å². The maximum Gasteiger partial charge on any atom is 0.387 e. The predicted molar refractivity (Wildman–Crippen MR) is 71.6 cm³/mol. The van der Waals surface area contributed by atoms with Crippen molar-refractivity contribution in [2.45, 2.75) is 6.61 Å². The van der Waals surface area contributed by atoms with Gasteiger partial charge in [0.05, 0.1) is 12.7 Å². The van der Waals surface area contributed by atoms with E-state index in [9.17, 15) is 18.0 Å². The van der Waals surface area contributed by atoms with E-state index in [2.05, 4.69) is 16.1 Å². The molecule has 0 atom stereocenters. The van der Waals surface area contributed by atoms with Crippen molar-refractivity contribution >= 4 is 22.3 Å². The smallest absolute Gasteiger partial charge is 0.387 e. The van der Waals surface area contributed by atoms with Crippen LogP contribution in [0.1, 0.15) is 5.56 Å². The third kappa shape index (κ3) is 3.16. The van der Waals surface area contributed by atoms with Crippen molar-refractivity contribution in [3.63, 3.8) is 0 Å². The molecule has 2 aromatic carbocycles. The van der Waals surface area contributed by atoms with Crippen LogP contribution in [0.25, 0.3) is 16.3 Å². The summed E-state index contributed by atoms with van der Waals surface area (Å²) in [6.45, 7) is 0.471. The van der Waals surface area contributed by atoms with Gasteiger partial charge in [0.1, 0.15) is 0 Å². The number of methoxy groups -OCH3 is 1. The van der Waals surface area contributed by atoms with E-state index in [1.165, 1.54) is 13.2 Å². The molecule has 0 heterocycles. The van der Waals surface area contributed by atoms with Crippen molar-refractivity contribution in [1.82, 2.24) is 0 Å². The second kappa shape index (κ2) is 5.87. The van der Waals surface area contributed by atoms with Gasteiger partial charge in [-0.3, -0.25) is 0 Å². The van der Waals surface area contributed by atoms with Crippen LogP contribution >= 0.6 is 0 Å². The molecular formula is C15H11F3O3. The summed E-state index contributed by atoms with van der Waals surface area (Å²) in [4.78, 5) is 11.4. The molecular weight excluding hydrogens is 285 g/mol. The second-order valence-corrected chi connectivity index (χ2v) is 4.19. The summed E-state index contributed by atoms with van der Waals surface area (Å²) in [5, 5.41) is 0.921. The molecule has 0 aliphatic heterocycles. The molecule has 110 valence electrons. The van der Waals surface area contributed by atoms with Crippen LogP contribution in [0.5, 0.6) is 5.75 Å². The zero-order valence-corrected chi connectivity index (χ0v) is 11.0. The van der Waals surface area contributed by atoms with Crippen LogP contribution < -0.4 is 4.74 Å². The van der Waals surface area contributed by atoms with Crippen molar-refractivity contribution in [3.05, 3.63) is 48.3 Å². The van der Waals surface area contributed by atoms with Crippen LogP contribution in [0.3, 0.4) is 0 Å². The van der Waals surface area contributed by atoms with Crippen LogP contribution in [0.15, 0.2) is 36.9 Å². The molecule has 0 aromatic heterocycles. The Morgan fingerprint density at radius 1 is 1.19 bits per heavy atom. The average molecular weight is 296 g/mol. The molecule has 21 heavy (non-hydrogen) atoms. The van der Waals surface area contributed by atoms with E-state index in [0.29, 0.717) is 16.3 Å². The molecule has 6 heteroatoms. The highest BCUT2D eigenvalue weighted by Crippen LogP contribution is 2.28. The SMILES string of the molecule is C=C(C(=O)OC)c1ccc2cc(F)c(OC(F)F)cc2c1. The largest absolute Gasteiger partial charge is 0.465 e. The molecule has 2 rings (SSSR count). The Morgan fingerprint density at radius 2 is 1.90 bits per heavy atom. The van der Waals surface area contributed by atoms with Gasteiger partial charge in [0.25, 0.3) is 0 Å². The van der Waals surface area contributed by atoms with E-state index < -0.39 is 24.1 Å². The van der Waals surface area contributed by atoms with E-state index >= 15 is 0 Å². The molecule has 0 N–H and O–H groups in total. The predicted octanol–water partition coefficient (Wildman–Crippen LogP) is 3.77. The molecule has 2 aromatic rings. The zero-order chi connectivity index (χ0) is 15.6. The van der Waals surface area contributed by atoms with Crippen LogP contribution in [0, 0.1) is 5.82 Å². The Bertz CT molecular complexity index is 711. The molecule has 0 bridgehead atoms. The summed E-state index contributed by atoms with van der Waals surface area (Å²) in [6, 6.07) is 6.86. The van der Waals surface area contributed by atoms with E-state index in [0.717, 1.165) is 12.1 Å². The lowest BCUT2D eigenvalue weighted by molar-refractivity contribution is -0.133. The fraction of sp³-hybridized carbons (Fsp3) is 0.133. The number of hydrogen-bond donors (Lipinski definition) is 0. The number of ether oxygens (including phenoxy) is 2. The quantitative estimate of drug-likeness (QED) is 0.636. The van der Waals surface area contributed by atoms with Gasteiger partial charge in [-0.1, -0.05) is 18.7 Å². The highest BCUT2D eigenvalue weighted by atomic mass is 19.3. The lowest BCUT2D eigenvalue weighted by Gasteiger charge is -2.09. The Labute approximate surface area is 118 Å². The van der Waals surface area contributed by atoms with E-state index in [1.807, 2.05) is 0 Å². The van der Waals surface area contributed by atoms with Gasteiger partial charge in [-0.15, -0.1) is 0 Å². The molecule has 0 aliphatic rings. The second-order valence-electron chi connectivity index (χ2n) is 4.19. The normalized spacial score (nSPS) is 10.7. The summed E-state index contributed by atoms with van der Waals surface area (Å²) in [5.74, 6) is -2.05. The van der Waals surface area contributed by atoms with Gasteiger partial charge in [0, 0.05) is 0 Å². The molecule has 0 radical (unpaired) electrons. The van der Waals surface area contributed by atoms with Gasteiger partial charge >= 0.3 is 12.6 Å². The summed E-state index contributed by atoms with van der Waals surface area (Å²) in [5.41, 5.74) is 0.559. The highest BCUT2D eigenvalue weighted by Gasteiger charge is 2.13.